The van der Waals surface area contributed by atoms with E-state index in [2.05, 4.69) is 10.0 Å². The molecule has 0 aliphatic carbocycles. The van der Waals surface area contributed by atoms with Gasteiger partial charge in [0.1, 0.15) is 5.75 Å². The number of benzene rings is 3. The van der Waals surface area contributed by atoms with Gasteiger partial charge in [-0.1, -0.05) is 0 Å². The topological polar surface area (TPSA) is 171 Å². The Morgan fingerprint density at radius 2 is 1.65 bits per heavy atom. The zero-order chi connectivity index (χ0) is 25.0. The average Bonchev–Trinajstić information content (AvgIpc) is 2.79. The maximum Gasteiger partial charge on any atom is 0.306 e. The van der Waals surface area contributed by atoms with Gasteiger partial charge >= 0.3 is 5.69 Å². The molecule has 0 fully saturated rings. The number of amides is 1. The van der Waals surface area contributed by atoms with Gasteiger partial charge in [0, 0.05) is 29.4 Å². The van der Waals surface area contributed by atoms with Crippen molar-refractivity contribution in [1.82, 2.24) is 0 Å². The minimum atomic E-state index is -4.21. The van der Waals surface area contributed by atoms with Crippen LogP contribution in [0.15, 0.2) is 65.6 Å². The molecule has 0 bridgehead atoms. The van der Waals surface area contributed by atoms with E-state index in [0.29, 0.717) is 0 Å². The van der Waals surface area contributed by atoms with Crippen LogP contribution in [0.3, 0.4) is 0 Å². The lowest BCUT2D eigenvalue weighted by Gasteiger charge is -2.12. The number of sulfonamides is 1. The molecule has 3 aromatic carbocycles. The molecule has 3 rings (SSSR count). The first-order chi connectivity index (χ1) is 16.0. The summed E-state index contributed by atoms with van der Waals surface area (Å²) in [6, 6.07) is 10.8. The number of halogens is 1. The molecule has 0 aliphatic rings. The largest absolute Gasteiger partial charge is 0.495 e. The van der Waals surface area contributed by atoms with Crippen LogP contribution in [-0.2, 0) is 10.0 Å². The van der Waals surface area contributed by atoms with Gasteiger partial charge in [-0.25, -0.2) is 8.42 Å². The highest BCUT2D eigenvalue weighted by Crippen LogP contribution is 2.31. The maximum absolute atomic E-state index is 13.4. The number of nitro groups is 2. The van der Waals surface area contributed by atoms with Crippen molar-refractivity contribution in [3.8, 4) is 5.75 Å². The van der Waals surface area contributed by atoms with E-state index in [1.54, 1.807) is 0 Å². The predicted octanol–water partition coefficient (Wildman–Crippen LogP) is 3.70. The van der Waals surface area contributed by atoms with E-state index < -0.39 is 37.3 Å². The number of hydrogen-bond donors (Lipinski definition) is 2. The quantitative estimate of drug-likeness (QED) is 0.355. The molecule has 3 aromatic rings. The lowest BCUT2D eigenvalue weighted by Crippen LogP contribution is -2.15. The van der Waals surface area contributed by atoms with Crippen LogP contribution in [0.25, 0.3) is 0 Å². The Morgan fingerprint density at radius 1 is 0.971 bits per heavy atom. The summed E-state index contributed by atoms with van der Waals surface area (Å²) in [6.07, 6.45) is 0. The van der Waals surface area contributed by atoms with Gasteiger partial charge in [-0.05, 0) is 42.5 Å². The number of ether oxygens (including phenoxy) is 1. The van der Waals surface area contributed by atoms with E-state index in [1.807, 2.05) is 0 Å². The fourth-order valence-corrected chi connectivity index (χ4v) is 3.87. The fraction of sp³-hybridized carbons (Fsp3) is 0.0500. The second-order valence-corrected chi connectivity index (χ2v) is 8.33. The van der Waals surface area contributed by atoms with Gasteiger partial charge in [-0.3, -0.25) is 29.7 Å². The third-order valence-corrected chi connectivity index (χ3v) is 5.85. The van der Waals surface area contributed by atoms with Crippen LogP contribution in [0.4, 0.5) is 27.1 Å². The third kappa shape index (κ3) is 5.24. The molecule has 0 unspecified atom stereocenters. The van der Waals surface area contributed by atoms with Crippen LogP contribution in [0.5, 0.6) is 5.75 Å². The Balaban J connectivity index is 1.80. The first-order valence-corrected chi connectivity index (χ1v) is 10.7. The van der Waals surface area contributed by atoms with Crippen molar-refractivity contribution >= 4 is 38.7 Å². The Bertz CT molecular complexity index is 1390. The minimum Gasteiger partial charge on any atom is -0.495 e. The molecule has 0 aliphatic heterocycles. The van der Waals surface area contributed by atoms with Crippen LogP contribution >= 0.6 is 0 Å². The van der Waals surface area contributed by atoms with E-state index in [-0.39, 0.29) is 33.3 Å². The SMILES string of the molecule is COc1ccc([N+](=O)[O-])cc1NS(=O)(=O)c1ccc(C(=O)Nc2ccc(F)c([N+](=O)[O-])c2)cc1. The smallest absolute Gasteiger partial charge is 0.306 e. The highest BCUT2D eigenvalue weighted by Gasteiger charge is 2.20. The number of rotatable bonds is 8. The number of nitro benzene ring substituents is 2. The highest BCUT2D eigenvalue weighted by atomic mass is 32.2. The monoisotopic (exact) mass is 490 g/mol. The van der Waals surface area contributed by atoms with Gasteiger partial charge in [-0.15, -0.1) is 0 Å². The normalized spacial score (nSPS) is 10.9. The molecule has 2 N–H and O–H groups in total. The molecule has 12 nitrogen and oxygen atoms in total. The number of carbonyl (C=O) groups excluding carboxylic acids is 1. The van der Waals surface area contributed by atoms with Crippen molar-refractivity contribution < 1.29 is 32.2 Å². The lowest BCUT2D eigenvalue weighted by molar-refractivity contribution is -0.387. The van der Waals surface area contributed by atoms with Crippen LogP contribution in [-0.4, -0.2) is 31.3 Å². The standard InChI is InChI=1S/C20H15FN4O8S/c1-33-19-9-5-14(24(27)28)11-17(19)23-34(31,32)15-6-2-12(3-7-15)20(26)22-13-4-8-16(21)18(10-13)25(29)30/h2-11,23H,1H3,(H,22,26). The molecule has 0 spiro atoms. The van der Waals surface area contributed by atoms with Gasteiger partial charge in [0.05, 0.1) is 27.5 Å². The summed E-state index contributed by atoms with van der Waals surface area (Å²) in [6.45, 7) is 0. The van der Waals surface area contributed by atoms with Gasteiger partial charge in [-0.2, -0.15) is 4.39 Å². The van der Waals surface area contributed by atoms with E-state index in [1.165, 1.54) is 25.3 Å². The number of nitrogens with zero attached hydrogens (tertiary/aromatic N) is 2. The molecule has 0 aromatic heterocycles. The number of hydrogen-bond acceptors (Lipinski definition) is 8. The first-order valence-electron chi connectivity index (χ1n) is 9.22. The summed E-state index contributed by atoms with van der Waals surface area (Å²) in [4.78, 5) is 32.3. The number of nitrogens with one attached hydrogen (secondary N) is 2. The number of anilines is 2. The van der Waals surface area contributed by atoms with Crippen molar-refractivity contribution in [2.45, 2.75) is 4.90 Å². The fourth-order valence-electron chi connectivity index (χ4n) is 2.81. The maximum atomic E-state index is 13.4. The van der Waals surface area contributed by atoms with Gasteiger partial charge in [0.15, 0.2) is 0 Å². The van der Waals surface area contributed by atoms with Crippen LogP contribution in [0.2, 0.25) is 0 Å². The molecule has 14 heteroatoms. The van der Waals surface area contributed by atoms with Gasteiger partial charge in [0.25, 0.3) is 21.6 Å². The highest BCUT2D eigenvalue weighted by molar-refractivity contribution is 7.92. The predicted molar refractivity (Wildman–Crippen MR) is 118 cm³/mol. The Labute approximate surface area is 191 Å². The number of methoxy groups -OCH3 is 1. The molecule has 1 amide bonds. The third-order valence-electron chi connectivity index (χ3n) is 4.47. The first kappa shape index (κ1) is 24.1. The molecule has 0 heterocycles. The average molecular weight is 490 g/mol. The van der Waals surface area contributed by atoms with Crippen molar-refractivity contribution in [3.63, 3.8) is 0 Å². The van der Waals surface area contributed by atoms with Crippen LogP contribution in [0.1, 0.15) is 10.4 Å². The molecule has 0 saturated carbocycles. The Kier molecular flexibility index (Phi) is 6.72. The van der Waals surface area contributed by atoms with Gasteiger partial charge in [0.2, 0.25) is 5.82 Å². The summed E-state index contributed by atoms with van der Waals surface area (Å²) in [5.74, 6) is -1.73. The van der Waals surface area contributed by atoms with Crippen molar-refractivity contribution in [1.29, 1.82) is 0 Å². The Hall–Kier alpha value is -4.59. The van der Waals surface area contributed by atoms with Gasteiger partial charge < -0.3 is 10.1 Å². The minimum absolute atomic E-state index is 0.0128. The molecule has 0 atom stereocenters. The summed E-state index contributed by atoms with van der Waals surface area (Å²) in [5, 5.41) is 24.2. The molecular formula is C20H15FN4O8S. The van der Waals surface area contributed by atoms with Crippen molar-refractivity contribution in [2.75, 3.05) is 17.1 Å². The van der Waals surface area contributed by atoms with Crippen molar-refractivity contribution in [3.05, 3.63) is 92.3 Å². The second-order valence-electron chi connectivity index (χ2n) is 6.65. The second kappa shape index (κ2) is 9.50. The Morgan fingerprint density at radius 3 is 2.24 bits per heavy atom. The molecule has 34 heavy (non-hydrogen) atoms. The lowest BCUT2D eigenvalue weighted by atomic mass is 10.2. The summed E-state index contributed by atoms with van der Waals surface area (Å²) in [7, 11) is -2.94. The number of non-ortho nitro benzene ring substituents is 1. The molecular weight excluding hydrogens is 475 g/mol. The van der Waals surface area contributed by atoms with E-state index in [4.69, 9.17) is 4.74 Å². The summed E-state index contributed by atoms with van der Waals surface area (Å²) in [5.41, 5.74) is -1.35. The summed E-state index contributed by atoms with van der Waals surface area (Å²) < 4.78 is 46.1. The summed E-state index contributed by atoms with van der Waals surface area (Å²) >= 11 is 0. The van der Waals surface area contributed by atoms with Crippen LogP contribution < -0.4 is 14.8 Å². The van der Waals surface area contributed by atoms with E-state index >= 15 is 0 Å². The van der Waals surface area contributed by atoms with Crippen molar-refractivity contribution in [2.24, 2.45) is 0 Å². The zero-order valence-electron chi connectivity index (χ0n) is 17.2. The van der Waals surface area contributed by atoms with E-state index in [0.717, 1.165) is 42.5 Å². The molecule has 0 radical (unpaired) electrons. The number of carbonyl (C=O) groups is 1. The molecule has 0 saturated heterocycles. The zero-order valence-corrected chi connectivity index (χ0v) is 18.0. The molecule has 176 valence electrons. The van der Waals surface area contributed by atoms with E-state index in [9.17, 15) is 37.8 Å². The van der Waals surface area contributed by atoms with Crippen LogP contribution in [0, 0.1) is 26.0 Å².